The van der Waals surface area contributed by atoms with E-state index in [0.717, 1.165) is 83.5 Å². The van der Waals surface area contributed by atoms with Crippen LogP contribution >= 0.6 is 0 Å². The molecule has 1 unspecified atom stereocenters. The maximum absolute atomic E-state index is 12.9. The molecule has 0 aliphatic carbocycles. The van der Waals surface area contributed by atoms with Gasteiger partial charge in [-0.1, -0.05) is 359 Å². The second-order valence-electron chi connectivity index (χ2n) is 24.1. The van der Waals surface area contributed by atoms with Crippen LogP contribution in [0.4, 0.5) is 0 Å². The van der Waals surface area contributed by atoms with E-state index in [1.807, 2.05) is 0 Å². The number of allylic oxidation sites excluding steroid dienone is 6. The second kappa shape index (κ2) is 68.1. The smallest absolute Gasteiger partial charge is 0.306 e. The van der Waals surface area contributed by atoms with Crippen molar-refractivity contribution in [3.63, 3.8) is 0 Å². The van der Waals surface area contributed by atoms with E-state index in [-0.39, 0.29) is 31.1 Å². The molecule has 0 aromatic heterocycles. The average molecular weight is 1110 g/mol. The summed E-state index contributed by atoms with van der Waals surface area (Å²) in [6.07, 6.45) is 84.8. The normalized spacial score (nSPS) is 12.2. The summed E-state index contributed by atoms with van der Waals surface area (Å²) < 4.78 is 17.0. The quantitative estimate of drug-likeness (QED) is 0.0261. The number of carbonyl (C=O) groups is 3. The van der Waals surface area contributed by atoms with Crippen molar-refractivity contribution >= 4 is 17.9 Å². The van der Waals surface area contributed by atoms with E-state index in [1.165, 1.54) is 270 Å². The van der Waals surface area contributed by atoms with Crippen LogP contribution in [-0.4, -0.2) is 37.2 Å². The van der Waals surface area contributed by atoms with Crippen LogP contribution in [-0.2, 0) is 28.6 Å². The first kappa shape index (κ1) is 76.6. The Labute approximate surface area is 493 Å². The van der Waals surface area contributed by atoms with Crippen LogP contribution in [0.25, 0.3) is 0 Å². The lowest BCUT2D eigenvalue weighted by atomic mass is 10.0. The summed E-state index contributed by atoms with van der Waals surface area (Å²) >= 11 is 0. The van der Waals surface area contributed by atoms with Crippen LogP contribution in [0.5, 0.6) is 0 Å². The molecule has 0 spiro atoms. The Morgan fingerprint density at radius 2 is 0.494 bits per heavy atom. The molecular weight excluding hydrogens is 973 g/mol. The highest BCUT2D eigenvalue weighted by Gasteiger charge is 2.19. The fraction of sp³-hybridized carbons (Fsp3) is 0.877. The number of carbonyl (C=O) groups excluding carboxylic acids is 3. The Balaban J connectivity index is 4.12. The Morgan fingerprint density at radius 3 is 0.772 bits per heavy atom. The minimum atomic E-state index is -0.775. The van der Waals surface area contributed by atoms with Crippen molar-refractivity contribution in [1.82, 2.24) is 0 Å². The molecule has 0 saturated heterocycles. The third-order valence-electron chi connectivity index (χ3n) is 16.2. The Kier molecular flexibility index (Phi) is 66.1. The van der Waals surface area contributed by atoms with Gasteiger partial charge in [-0.05, 0) is 51.4 Å². The monoisotopic (exact) mass is 1110 g/mol. The number of rotatable bonds is 66. The lowest BCUT2D eigenvalue weighted by molar-refractivity contribution is -0.167. The maximum atomic E-state index is 12.9. The van der Waals surface area contributed by atoms with Gasteiger partial charge >= 0.3 is 17.9 Å². The zero-order valence-corrected chi connectivity index (χ0v) is 53.4. The zero-order valence-electron chi connectivity index (χ0n) is 53.4. The molecule has 1 atom stereocenters. The maximum Gasteiger partial charge on any atom is 0.306 e. The molecule has 0 fully saturated rings. The number of esters is 3. The molecule has 0 aromatic rings. The molecule has 0 radical (unpaired) electrons. The molecule has 6 nitrogen and oxygen atoms in total. The third-order valence-corrected chi connectivity index (χ3v) is 16.2. The Morgan fingerprint density at radius 1 is 0.266 bits per heavy atom. The van der Waals surface area contributed by atoms with Gasteiger partial charge in [-0.2, -0.15) is 0 Å². The average Bonchev–Trinajstić information content (AvgIpc) is 3.45. The summed E-state index contributed by atoms with van der Waals surface area (Å²) in [5, 5.41) is 0. The van der Waals surface area contributed by atoms with Gasteiger partial charge in [-0.3, -0.25) is 14.4 Å². The minimum absolute atomic E-state index is 0.0707. The van der Waals surface area contributed by atoms with E-state index in [2.05, 4.69) is 57.2 Å². The molecule has 464 valence electrons. The number of unbranched alkanes of at least 4 members (excludes halogenated alkanes) is 49. The highest BCUT2D eigenvalue weighted by molar-refractivity contribution is 5.71. The van der Waals surface area contributed by atoms with Gasteiger partial charge in [0, 0.05) is 19.3 Å². The van der Waals surface area contributed by atoms with Crippen molar-refractivity contribution in [2.75, 3.05) is 13.2 Å². The number of hydrogen-bond acceptors (Lipinski definition) is 6. The summed E-state index contributed by atoms with van der Waals surface area (Å²) in [7, 11) is 0. The van der Waals surface area contributed by atoms with E-state index < -0.39 is 6.10 Å². The fourth-order valence-corrected chi connectivity index (χ4v) is 10.9. The minimum Gasteiger partial charge on any atom is -0.462 e. The van der Waals surface area contributed by atoms with Crippen molar-refractivity contribution in [3.8, 4) is 0 Å². The molecule has 0 aliphatic heterocycles. The first-order chi connectivity index (χ1) is 39.0. The largest absolute Gasteiger partial charge is 0.462 e. The molecule has 0 rings (SSSR count). The molecule has 0 amide bonds. The summed E-state index contributed by atoms with van der Waals surface area (Å²) in [4.78, 5) is 38.4. The summed E-state index contributed by atoms with van der Waals surface area (Å²) in [6.45, 7) is 6.59. The van der Waals surface area contributed by atoms with Gasteiger partial charge in [0.2, 0.25) is 0 Å². The summed E-state index contributed by atoms with van der Waals surface area (Å²) in [5.41, 5.74) is 0. The first-order valence-corrected chi connectivity index (χ1v) is 35.5. The predicted molar refractivity (Wildman–Crippen MR) is 344 cm³/mol. The topological polar surface area (TPSA) is 78.9 Å². The van der Waals surface area contributed by atoms with Crippen LogP contribution < -0.4 is 0 Å². The highest BCUT2D eigenvalue weighted by Crippen LogP contribution is 2.19. The van der Waals surface area contributed by atoms with Crippen molar-refractivity contribution in [2.45, 2.75) is 399 Å². The third kappa shape index (κ3) is 66.3. The van der Waals surface area contributed by atoms with E-state index in [4.69, 9.17) is 14.2 Å². The molecule has 6 heteroatoms. The van der Waals surface area contributed by atoms with Gasteiger partial charge < -0.3 is 14.2 Å². The van der Waals surface area contributed by atoms with Gasteiger partial charge in [0.15, 0.2) is 6.10 Å². The Bertz CT molecular complexity index is 1320. The van der Waals surface area contributed by atoms with Crippen molar-refractivity contribution in [1.29, 1.82) is 0 Å². The molecule has 0 heterocycles. The zero-order chi connectivity index (χ0) is 57.1. The lowest BCUT2D eigenvalue weighted by Crippen LogP contribution is -2.30. The van der Waals surface area contributed by atoms with Crippen molar-refractivity contribution < 1.29 is 28.6 Å². The predicted octanol–water partition coefficient (Wildman–Crippen LogP) is 24.3. The number of ether oxygens (including phenoxy) is 3. The van der Waals surface area contributed by atoms with Crippen LogP contribution in [0, 0.1) is 0 Å². The van der Waals surface area contributed by atoms with Gasteiger partial charge in [0.05, 0.1) is 0 Å². The van der Waals surface area contributed by atoms with Crippen LogP contribution in [0.2, 0.25) is 0 Å². The van der Waals surface area contributed by atoms with E-state index >= 15 is 0 Å². The molecule has 0 aromatic carbocycles. The highest BCUT2D eigenvalue weighted by atomic mass is 16.6. The van der Waals surface area contributed by atoms with Crippen LogP contribution in [0.15, 0.2) is 36.5 Å². The number of hydrogen-bond donors (Lipinski definition) is 0. The van der Waals surface area contributed by atoms with Gasteiger partial charge in [-0.15, -0.1) is 0 Å². The fourth-order valence-electron chi connectivity index (χ4n) is 10.9. The Hall–Kier alpha value is -2.37. The van der Waals surface area contributed by atoms with E-state index in [0.29, 0.717) is 19.3 Å². The van der Waals surface area contributed by atoms with Gasteiger partial charge in [0.25, 0.3) is 0 Å². The molecular formula is C73H136O6. The van der Waals surface area contributed by atoms with E-state index in [9.17, 15) is 14.4 Å². The SMILES string of the molecule is CC/C=C\C/C=C\C/C=C\CCCCCCCCCC(=O)OC(COC(=O)CCCCCCCCCCCCCCC)COC(=O)CCCCCCCCCCCCCCCCCCCCCCCCCCCCCCCCC. The molecule has 0 aliphatic rings. The van der Waals surface area contributed by atoms with Crippen molar-refractivity contribution in [3.05, 3.63) is 36.5 Å². The lowest BCUT2D eigenvalue weighted by Gasteiger charge is -2.18. The van der Waals surface area contributed by atoms with E-state index in [1.54, 1.807) is 0 Å². The standard InChI is InChI=1S/C73H136O6/c1-4-7-10-13-16-19-22-25-27-29-30-31-32-33-34-35-36-37-38-39-40-41-42-44-45-48-51-54-57-60-63-66-72(75)78-69-70(68-77-71(74)65-62-59-56-53-50-47-24-21-18-15-12-9-6-3)79-73(76)67-64-61-58-55-52-49-46-43-28-26-23-20-17-14-11-8-5-2/h8,11,17,20,26,28,70H,4-7,9-10,12-16,18-19,21-25,27,29-69H2,1-3H3/b11-8-,20-17-,28-26-. The summed E-state index contributed by atoms with van der Waals surface area (Å²) in [6, 6.07) is 0. The second-order valence-corrected chi connectivity index (χ2v) is 24.1. The summed E-state index contributed by atoms with van der Waals surface area (Å²) in [5.74, 6) is -0.853. The molecule has 0 bridgehead atoms. The first-order valence-electron chi connectivity index (χ1n) is 35.5. The van der Waals surface area contributed by atoms with Crippen molar-refractivity contribution in [2.24, 2.45) is 0 Å². The van der Waals surface area contributed by atoms with Gasteiger partial charge in [-0.25, -0.2) is 0 Å². The molecule has 79 heavy (non-hydrogen) atoms. The van der Waals surface area contributed by atoms with Crippen LogP contribution in [0.1, 0.15) is 393 Å². The molecule has 0 saturated carbocycles. The van der Waals surface area contributed by atoms with Gasteiger partial charge in [0.1, 0.15) is 13.2 Å². The molecule has 0 N–H and O–H groups in total. The van der Waals surface area contributed by atoms with Crippen LogP contribution in [0.3, 0.4) is 0 Å².